The summed E-state index contributed by atoms with van der Waals surface area (Å²) in [5, 5.41) is 0. The lowest BCUT2D eigenvalue weighted by molar-refractivity contribution is 0.875. The van der Waals surface area contributed by atoms with Crippen LogP contribution < -0.4 is 4.90 Å². The summed E-state index contributed by atoms with van der Waals surface area (Å²) in [6.45, 7) is 3.28. The molecular weight excluding hydrogens is 170 g/mol. The maximum atomic E-state index is 2.45. The largest absolute Gasteiger partial charge is 0.357 e. The van der Waals surface area contributed by atoms with E-state index >= 15 is 0 Å². The molecule has 1 aromatic carbocycles. The van der Waals surface area contributed by atoms with Gasteiger partial charge in [0.2, 0.25) is 0 Å². The SMILES string of the molecule is CC1=CC2C=Cc3ccccc3N2C1. The van der Waals surface area contributed by atoms with Crippen LogP contribution in [-0.2, 0) is 0 Å². The van der Waals surface area contributed by atoms with Crippen molar-refractivity contribution in [3.8, 4) is 0 Å². The first-order valence-electron chi connectivity index (χ1n) is 5.06. The van der Waals surface area contributed by atoms with Gasteiger partial charge in [-0.3, -0.25) is 0 Å². The lowest BCUT2D eigenvalue weighted by Gasteiger charge is -2.29. The van der Waals surface area contributed by atoms with Crippen molar-refractivity contribution in [2.24, 2.45) is 0 Å². The maximum Gasteiger partial charge on any atom is 0.0667 e. The zero-order valence-corrected chi connectivity index (χ0v) is 8.27. The number of hydrogen-bond acceptors (Lipinski definition) is 1. The molecule has 0 saturated heterocycles. The molecule has 0 aromatic heterocycles. The molecular formula is C13H13N. The fourth-order valence-corrected chi connectivity index (χ4v) is 2.31. The number of anilines is 1. The van der Waals surface area contributed by atoms with E-state index in [1.807, 2.05) is 0 Å². The average molecular weight is 183 g/mol. The highest BCUT2D eigenvalue weighted by molar-refractivity contribution is 5.74. The topological polar surface area (TPSA) is 3.24 Å². The Morgan fingerprint density at radius 2 is 2.14 bits per heavy atom. The minimum atomic E-state index is 0.491. The molecule has 0 saturated carbocycles. The van der Waals surface area contributed by atoms with Gasteiger partial charge in [-0.05, 0) is 18.6 Å². The lowest BCUT2D eigenvalue weighted by atomic mass is 10.0. The zero-order chi connectivity index (χ0) is 9.54. The predicted molar refractivity (Wildman–Crippen MR) is 60.4 cm³/mol. The van der Waals surface area contributed by atoms with Gasteiger partial charge >= 0.3 is 0 Å². The third-order valence-corrected chi connectivity index (χ3v) is 2.95. The van der Waals surface area contributed by atoms with E-state index < -0.39 is 0 Å². The van der Waals surface area contributed by atoms with Crippen LogP contribution in [0.25, 0.3) is 6.08 Å². The van der Waals surface area contributed by atoms with Gasteiger partial charge in [-0.25, -0.2) is 0 Å². The molecule has 1 atom stereocenters. The Hall–Kier alpha value is -1.50. The maximum absolute atomic E-state index is 2.45. The van der Waals surface area contributed by atoms with Gasteiger partial charge in [-0.1, -0.05) is 42.0 Å². The number of rotatable bonds is 0. The molecule has 2 aliphatic rings. The summed E-state index contributed by atoms with van der Waals surface area (Å²) in [4.78, 5) is 2.45. The number of para-hydroxylation sites is 1. The second-order valence-corrected chi connectivity index (χ2v) is 4.05. The van der Waals surface area contributed by atoms with Crippen molar-refractivity contribution in [2.45, 2.75) is 13.0 Å². The number of nitrogens with zero attached hydrogens (tertiary/aromatic N) is 1. The average Bonchev–Trinajstić information content (AvgIpc) is 2.59. The van der Waals surface area contributed by atoms with Gasteiger partial charge in [-0.15, -0.1) is 0 Å². The Morgan fingerprint density at radius 1 is 1.29 bits per heavy atom. The summed E-state index contributed by atoms with van der Waals surface area (Å²) in [5.41, 5.74) is 4.18. The van der Waals surface area contributed by atoms with Gasteiger partial charge in [0.15, 0.2) is 0 Å². The van der Waals surface area contributed by atoms with E-state index in [2.05, 4.69) is 54.3 Å². The zero-order valence-electron chi connectivity index (χ0n) is 8.27. The van der Waals surface area contributed by atoms with Crippen LogP contribution in [0.5, 0.6) is 0 Å². The van der Waals surface area contributed by atoms with Crippen molar-refractivity contribution in [3.63, 3.8) is 0 Å². The Morgan fingerprint density at radius 3 is 3.07 bits per heavy atom. The fraction of sp³-hybridized carbons (Fsp3) is 0.231. The van der Waals surface area contributed by atoms with Crippen LogP contribution >= 0.6 is 0 Å². The molecule has 2 aliphatic heterocycles. The van der Waals surface area contributed by atoms with Crippen molar-refractivity contribution < 1.29 is 0 Å². The highest BCUT2D eigenvalue weighted by atomic mass is 15.2. The van der Waals surface area contributed by atoms with E-state index in [1.165, 1.54) is 16.8 Å². The smallest absolute Gasteiger partial charge is 0.0667 e. The Kier molecular flexibility index (Phi) is 1.54. The molecule has 0 bridgehead atoms. The predicted octanol–water partition coefficient (Wildman–Crippen LogP) is 2.85. The lowest BCUT2D eigenvalue weighted by Crippen LogP contribution is -2.30. The van der Waals surface area contributed by atoms with Crippen molar-refractivity contribution >= 4 is 11.8 Å². The molecule has 0 radical (unpaired) electrons. The highest BCUT2D eigenvalue weighted by Crippen LogP contribution is 2.33. The summed E-state index contributed by atoms with van der Waals surface area (Å²) < 4.78 is 0. The van der Waals surface area contributed by atoms with Gasteiger partial charge in [-0.2, -0.15) is 0 Å². The number of benzene rings is 1. The molecule has 1 unspecified atom stereocenters. The molecule has 1 heteroatoms. The third kappa shape index (κ3) is 1.02. The van der Waals surface area contributed by atoms with E-state index in [-0.39, 0.29) is 0 Å². The standard InChI is InChI=1S/C13H13N/c1-10-8-12-7-6-11-4-2-3-5-13(11)14(12)9-10/h2-8,12H,9H2,1H3. The first-order chi connectivity index (χ1) is 6.84. The van der Waals surface area contributed by atoms with Crippen LogP contribution in [0.4, 0.5) is 5.69 Å². The van der Waals surface area contributed by atoms with Crippen molar-refractivity contribution in [1.29, 1.82) is 0 Å². The van der Waals surface area contributed by atoms with Crippen LogP contribution in [0.1, 0.15) is 12.5 Å². The second kappa shape index (κ2) is 2.74. The molecule has 1 nitrogen and oxygen atoms in total. The first kappa shape index (κ1) is 7.86. The first-order valence-corrected chi connectivity index (χ1v) is 5.06. The van der Waals surface area contributed by atoms with Gasteiger partial charge in [0, 0.05) is 12.2 Å². The summed E-state index contributed by atoms with van der Waals surface area (Å²) in [6.07, 6.45) is 6.84. The molecule has 0 spiro atoms. The van der Waals surface area contributed by atoms with Gasteiger partial charge in [0.05, 0.1) is 6.04 Å². The molecule has 3 rings (SSSR count). The molecule has 0 aliphatic carbocycles. The Balaban J connectivity index is 2.10. The molecule has 70 valence electrons. The minimum Gasteiger partial charge on any atom is -0.357 e. The summed E-state index contributed by atoms with van der Waals surface area (Å²) in [7, 11) is 0. The van der Waals surface area contributed by atoms with Crippen LogP contribution in [-0.4, -0.2) is 12.6 Å². The summed E-state index contributed by atoms with van der Waals surface area (Å²) >= 11 is 0. The molecule has 0 amide bonds. The number of fused-ring (bicyclic) bond motifs is 3. The minimum absolute atomic E-state index is 0.491. The van der Waals surface area contributed by atoms with Crippen molar-refractivity contribution in [3.05, 3.63) is 47.6 Å². The van der Waals surface area contributed by atoms with Gasteiger partial charge in [0.1, 0.15) is 0 Å². The normalized spacial score (nSPS) is 23.1. The van der Waals surface area contributed by atoms with Crippen LogP contribution in [0, 0.1) is 0 Å². The van der Waals surface area contributed by atoms with Crippen molar-refractivity contribution in [1.82, 2.24) is 0 Å². The second-order valence-electron chi connectivity index (χ2n) is 4.05. The third-order valence-electron chi connectivity index (χ3n) is 2.95. The van der Waals surface area contributed by atoms with Crippen LogP contribution in [0.15, 0.2) is 42.0 Å². The highest BCUT2D eigenvalue weighted by Gasteiger charge is 2.24. The van der Waals surface area contributed by atoms with Crippen LogP contribution in [0.2, 0.25) is 0 Å². The van der Waals surface area contributed by atoms with Gasteiger partial charge in [0.25, 0.3) is 0 Å². The Bertz CT molecular complexity index is 429. The van der Waals surface area contributed by atoms with Crippen LogP contribution in [0.3, 0.4) is 0 Å². The molecule has 0 fully saturated rings. The van der Waals surface area contributed by atoms with Crippen molar-refractivity contribution in [2.75, 3.05) is 11.4 Å². The monoisotopic (exact) mass is 183 g/mol. The summed E-state index contributed by atoms with van der Waals surface area (Å²) in [6, 6.07) is 9.08. The Labute approximate surface area is 84.4 Å². The van der Waals surface area contributed by atoms with E-state index in [4.69, 9.17) is 0 Å². The fourth-order valence-electron chi connectivity index (χ4n) is 2.31. The van der Waals surface area contributed by atoms with Gasteiger partial charge < -0.3 is 4.90 Å². The summed E-state index contributed by atoms with van der Waals surface area (Å²) in [5.74, 6) is 0. The molecule has 14 heavy (non-hydrogen) atoms. The molecule has 1 aromatic rings. The quantitative estimate of drug-likeness (QED) is 0.559. The van der Waals surface area contributed by atoms with E-state index in [1.54, 1.807) is 0 Å². The molecule has 0 N–H and O–H groups in total. The number of hydrogen-bond donors (Lipinski definition) is 0. The van der Waals surface area contributed by atoms with E-state index in [0.29, 0.717) is 6.04 Å². The van der Waals surface area contributed by atoms with E-state index in [0.717, 1.165) is 6.54 Å². The molecule has 2 heterocycles. The van der Waals surface area contributed by atoms with E-state index in [9.17, 15) is 0 Å².